The number of hydrogen-bond acceptors (Lipinski definition) is 9. The fourth-order valence-electron chi connectivity index (χ4n) is 6.13. The van der Waals surface area contributed by atoms with Gasteiger partial charge in [-0.25, -0.2) is 18.2 Å². The monoisotopic (exact) mass is 754 g/mol. The lowest BCUT2D eigenvalue weighted by Crippen LogP contribution is -2.57. The Hall–Kier alpha value is -4.08. The summed E-state index contributed by atoms with van der Waals surface area (Å²) in [4.78, 5) is 47.9. The summed E-state index contributed by atoms with van der Waals surface area (Å²) in [7, 11) is -4.14. The second kappa shape index (κ2) is 16.1. The first-order valence-electron chi connectivity index (χ1n) is 16.7. The molecule has 1 fully saturated rings. The van der Waals surface area contributed by atoms with Gasteiger partial charge < -0.3 is 21.1 Å². The van der Waals surface area contributed by atoms with Crippen molar-refractivity contribution in [2.75, 3.05) is 25.4 Å². The van der Waals surface area contributed by atoms with Gasteiger partial charge in [-0.15, -0.1) is 11.3 Å². The van der Waals surface area contributed by atoms with Crippen LogP contribution in [-0.4, -0.2) is 88.3 Å². The molecule has 0 spiro atoms. The molecule has 272 valence electrons. The van der Waals surface area contributed by atoms with Gasteiger partial charge in [-0.2, -0.15) is 4.31 Å². The van der Waals surface area contributed by atoms with Gasteiger partial charge >= 0.3 is 6.03 Å². The molecule has 1 aromatic heterocycles. The lowest BCUT2D eigenvalue weighted by molar-refractivity contribution is -0.129. The van der Waals surface area contributed by atoms with Gasteiger partial charge in [-0.3, -0.25) is 14.5 Å². The smallest absolute Gasteiger partial charge is 0.328 e. The third-order valence-corrected chi connectivity index (χ3v) is 11.8. The number of nitrogens with one attached hydrogen (secondary N) is 1. The molecule has 0 aliphatic carbocycles. The fraction of sp³-hybridized carbons (Fsp3) is 0.389. The fourth-order valence-corrected chi connectivity index (χ4v) is 8.86. The molecule has 0 bridgehead atoms. The molecule has 4 aromatic rings. The van der Waals surface area contributed by atoms with E-state index in [2.05, 4.69) is 10.3 Å². The zero-order valence-electron chi connectivity index (χ0n) is 28.9. The van der Waals surface area contributed by atoms with Crippen LogP contribution in [-0.2, 0) is 32.6 Å². The van der Waals surface area contributed by atoms with E-state index in [9.17, 15) is 27.9 Å². The Kier molecular flexibility index (Phi) is 12.0. The van der Waals surface area contributed by atoms with Gasteiger partial charge in [0, 0.05) is 13.1 Å². The van der Waals surface area contributed by atoms with Crippen LogP contribution in [0.1, 0.15) is 38.3 Å². The van der Waals surface area contributed by atoms with Crippen molar-refractivity contribution in [1.29, 1.82) is 0 Å². The molecule has 3 atom stereocenters. The Bertz CT molecular complexity index is 1960. The SMILES string of the molecule is CC(C)CN(C[C@@H](O)[C@H](Cc1ccccc1)NC(=O)C(C(C)C)N1CC(=O)N(Cc2nc3ccccc3s2)C1=O)S(=O)(=O)c1ccc(Cl)c(N)c1. The number of amides is 4. The summed E-state index contributed by atoms with van der Waals surface area (Å²) >= 11 is 7.45. The maximum Gasteiger partial charge on any atom is 0.328 e. The van der Waals surface area contributed by atoms with E-state index in [1.54, 1.807) is 13.8 Å². The number of thiazole rings is 1. The highest BCUT2D eigenvalue weighted by Gasteiger charge is 2.44. The summed E-state index contributed by atoms with van der Waals surface area (Å²) < 4.78 is 29.8. The van der Waals surface area contributed by atoms with Crippen LogP contribution in [0, 0.1) is 11.8 Å². The van der Waals surface area contributed by atoms with Gasteiger partial charge in [0.2, 0.25) is 15.9 Å². The average molecular weight is 755 g/mol. The van der Waals surface area contributed by atoms with E-state index in [-0.39, 0.29) is 54.1 Å². The minimum Gasteiger partial charge on any atom is -0.397 e. The van der Waals surface area contributed by atoms with E-state index in [1.807, 2.05) is 68.4 Å². The highest BCUT2D eigenvalue weighted by Crippen LogP contribution is 2.28. The number of aliphatic hydroxyl groups is 1. The molecule has 1 aliphatic rings. The molecule has 0 saturated carbocycles. The largest absolute Gasteiger partial charge is 0.397 e. The molecular formula is C36H43ClN6O6S2. The number of imide groups is 1. The second-order valence-corrected chi connectivity index (χ2v) is 16.9. The number of benzene rings is 3. The molecule has 3 aromatic carbocycles. The average Bonchev–Trinajstić information content (AvgIpc) is 3.61. The van der Waals surface area contributed by atoms with Crippen molar-refractivity contribution in [1.82, 2.24) is 24.4 Å². The van der Waals surface area contributed by atoms with E-state index in [4.69, 9.17) is 17.3 Å². The van der Waals surface area contributed by atoms with Crippen molar-refractivity contribution in [3.05, 3.63) is 88.4 Å². The number of aliphatic hydroxyl groups excluding tert-OH is 1. The van der Waals surface area contributed by atoms with Crippen LogP contribution in [0.3, 0.4) is 0 Å². The number of urea groups is 1. The van der Waals surface area contributed by atoms with Crippen molar-refractivity contribution in [2.45, 2.75) is 63.7 Å². The Morgan fingerprint density at radius 1 is 1.04 bits per heavy atom. The number of fused-ring (bicyclic) bond motifs is 1. The lowest BCUT2D eigenvalue weighted by atomic mass is 9.97. The Morgan fingerprint density at radius 2 is 1.73 bits per heavy atom. The number of nitrogens with zero attached hydrogens (tertiary/aromatic N) is 4. The third-order valence-electron chi connectivity index (χ3n) is 8.61. The van der Waals surface area contributed by atoms with Crippen LogP contribution in [0.5, 0.6) is 0 Å². The number of para-hydroxylation sites is 1. The number of carbonyl (C=O) groups is 3. The van der Waals surface area contributed by atoms with Gasteiger partial charge in [0.1, 0.15) is 17.6 Å². The number of nitrogen functional groups attached to an aromatic ring is 1. The minimum atomic E-state index is -4.14. The molecule has 51 heavy (non-hydrogen) atoms. The minimum absolute atomic E-state index is 0.0191. The predicted molar refractivity (Wildman–Crippen MR) is 198 cm³/mol. The van der Waals surface area contributed by atoms with E-state index in [1.165, 1.54) is 38.7 Å². The normalized spacial score (nSPS) is 15.7. The van der Waals surface area contributed by atoms with Crippen LogP contribution >= 0.6 is 22.9 Å². The summed E-state index contributed by atoms with van der Waals surface area (Å²) in [5.74, 6) is -1.53. The molecular weight excluding hydrogens is 712 g/mol. The van der Waals surface area contributed by atoms with E-state index >= 15 is 0 Å². The van der Waals surface area contributed by atoms with Gasteiger partial charge in [-0.1, -0.05) is 81.8 Å². The van der Waals surface area contributed by atoms with Crippen LogP contribution in [0.2, 0.25) is 5.02 Å². The van der Waals surface area contributed by atoms with Gasteiger partial charge in [-0.05, 0) is 54.2 Å². The van der Waals surface area contributed by atoms with Crippen LogP contribution in [0.4, 0.5) is 10.5 Å². The van der Waals surface area contributed by atoms with Crippen LogP contribution in [0.15, 0.2) is 77.7 Å². The maximum atomic E-state index is 14.1. The molecule has 1 unspecified atom stereocenters. The number of sulfonamides is 1. The predicted octanol–water partition coefficient (Wildman–Crippen LogP) is 4.76. The number of anilines is 1. The number of nitrogens with two attached hydrogens (primary N) is 1. The Morgan fingerprint density at radius 3 is 2.37 bits per heavy atom. The molecule has 4 amide bonds. The van der Waals surface area contributed by atoms with E-state index in [0.29, 0.717) is 5.01 Å². The lowest BCUT2D eigenvalue weighted by Gasteiger charge is -2.34. The standard InChI is InChI=1S/C36H43ClN6O6S2/c1-22(2)18-41(51(48,49)25-14-15-26(37)27(38)17-25)19-30(44)29(16-24-10-6-5-7-11-24)40-35(46)34(23(3)4)43-21-33(45)42(36(43)47)20-32-39-28-12-8-9-13-31(28)50-32/h5-15,17,22-23,29-30,34,44H,16,18-21,38H2,1-4H3,(H,40,46)/t29-,30+,34?/m0/s1. The van der Waals surface area contributed by atoms with Crippen molar-refractivity contribution in [2.24, 2.45) is 11.8 Å². The van der Waals surface area contributed by atoms with Crippen LogP contribution < -0.4 is 11.1 Å². The zero-order chi connectivity index (χ0) is 37.0. The van der Waals surface area contributed by atoms with Crippen molar-refractivity contribution >= 4 is 66.7 Å². The van der Waals surface area contributed by atoms with Gasteiger partial charge in [0.25, 0.3) is 5.91 Å². The molecule has 15 heteroatoms. The molecule has 0 radical (unpaired) electrons. The molecule has 1 saturated heterocycles. The Balaban J connectivity index is 1.38. The van der Waals surface area contributed by atoms with Gasteiger partial charge in [0.15, 0.2) is 0 Å². The highest BCUT2D eigenvalue weighted by atomic mass is 35.5. The molecule has 12 nitrogen and oxygen atoms in total. The number of rotatable bonds is 15. The number of hydrogen-bond donors (Lipinski definition) is 3. The topological polar surface area (TPSA) is 166 Å². The molecule has 5 rings (SSSR count). The summed E-state index contributed by atoms with van der Waals surface area (Å²) in [6.07, 6.45) is -1.20. The summed E-state index contributed by atoms with van der Waals surface area (Å²) in [5, 5.41) is 15.5. The first-order chi connectivity index (χ1) is 24.1. The summed E-state index contributed by atoms with van der Waals surface area (Å²) in [6.45, 7) is 6.68. The van der Waals surface area contributed by atoms with Crippen molar-refractivity contribution in [3.8, 4) is 0 Å². The van der Waals surface area contributed by atoms with E-state index in [0.717, 1.165) is 20.7 Å². The quantitative estimate of drug-likeness (QED) is 0.116. The molecule has 4 N–H and O–H groups in total. The number of aromatic nitrogens is 1. The first kappa shape index (κ1) is 38.2. The van der Waals surface area contributed by atoms with Gasteiger partial charge in [0.05, 0.1) is 44.5 Å². The molecule has 2 heterocycles. The number of halogens is 1. The van der Waals surface area contributed by atoms with Crippen LogP contribution in [0.25, 0.3) is 10.2 Å². The Labute approximate surface area is 307 Å². The first-order valence-corrected chi connectivity index (χ1v) is 19.3. The van der Waals surface area contributed by atoms with Crippen molar-refractivity contribution < 1.29 is 27.9 Å². The molecule has 1 aliphatic heterocycles. The summed E-state index contributed by atoms with van der Waals surface area (Å²) in [5.41, 5.74) is 7.59. The second-order valence-electron chi connectivity index (χ2n) is 13.4. The number of carbonyl (C=O) groups excluding carboxylic acids is 3. The highest BCUT2D eigenvalue weighted by molar-refractivity contribution is 7.89. The maximum absolute atomic E-state index is 14.1. The van der Waals surface area contributed by atoms with E-state index < -0.39 is 52.0 Å². The zero-order valence-corrected chi connectivity index (χ0v) is 31.3. The third kappa shape index (κ3) is 8.87. The summed E-state index contributed by atoms with van der Waals surface area (Å²) in [6, 6.07) is 18.1. The van der Waals surface area contributed by atoms with Crippen molar-refractivity contribution in [3.63, 3.8) is 0 Å².